The lowest BCUT2D eigenvalue weighted by Crippen LogP contribution is -2.50. The van der Waals surface area contributed by atoms with Crippen molar-refractivity contribution >= 4 is 16.9 Å². The van der Waals surface area contributed by atoms with E-state index in [0.29, 0.717) is 12.5 Å². The fourth-order valence-corrected chi connectivity index (χ4v) is 3.86. The van der Waals surface area contributed by atoms with Crippen LogP contribution in [0.25, 0.3) is 11.0 Å². The van der Waals surface area contributed by atoms with Crippen molar-refractivity contribution in [3.63, 3.8) is 0 Å². The fourth-order valence-electron chi connectivity index (χ4n) is 3.86. The Morgan fingerprint density at radius 1 is 1.04 bits per heavy atom. The maximum Gasteiger partial charge on any atom is 0.242 e. The van der Waals surface area contributed by atoms with Gasteiger partial charge in [-0.3, -0.25) is 9.69 Å². The van der Waals surface area contributed by atoms with Crippen molar-refractivity contribution in [2.45, 2.75) is 32.9 Å². The summed E-state index contributed by atoms with van der Waals surface area (Å²) in [6.45, 7) is 10.0. The minimum Gasteiger partial charge on any atom is -0.339 e. The van der Waals surface area contributed by atoms with E-state index in [-0.39, 0.29) is 5.91 Å². The maximum absolute atomic E-state index is 12.7. The summed E-state index contributed by atoms with van der Waals surface area (Å²) in [6.07, 6.45) is 5.70. The topological polar surface area (TPSA) is 59.2 Å². The largest absolute Gasteiger partial charge is 0.339 e. The van der Waals surface area contributed by atoms with Gasteiger partial charge in [-0.2, -0.15) is 0 Å². The highest BCUT2D eigenvalue weighted by atomic mass is 16.2. The molecule has 0 N–H and O–H groups in total. The zero-order valence-corrected chi connectivity index (χ0v) is 16.7. The second-order valence-corrected chi connectivity index (χ2v) is 7.72. The quantitative estimate of drug-likeness (QED) is 0.658. The molecular formula is C21H28N6O. The molecule has 28 heavy (non-hydrogen) atoms. The zero-order valence-electron chi connectivity index (χ0n) is 16.7. The van der Waals surface area contributed by atoms with Gasteiger partial charge >= 0.3 is 0 Å². The van der Waals surface area contributed by atoms with Crippen LogP contribution in [0.4, 0.5) is 0 Å². The number of amides is 1. The third kappa shape index (κ3) is 3.94. The first-order chi connectivity index (χ1) is 13.6. The molecule has 1 aliphatic heterocycles. The van der Waals surface area contributed by atoms with Crippen LogP contribution < -0.4 is 0 Å². The van der Waals surface area contributed by atoms with Gasteiger partial charge in [0.2, 0.25) is 5.91 Å². The van der Waals surface area contributed by atoms with E-state index in [0.717, 1.165) is 56.1 Å². The molecule has 3 heterocycles. The lowest BCUT2D eigenvalue weighted by Gasteiger charge is -2.35. The van der Waals surface area contributed by atoms with Crippen LogP contribution in [0.5, 0.6) is 0 Å². The summed E-state index contributed by atoms with van der Waals surface area (Å²) in [6, 6.07) is 7.93. The molecule has 0 saturated carbocycles. The van der Waals surface area contributed by atoms with Crippen LogP contribution in [-0.2, 0) is 17.9 Å². The van der Waals surface area contributed by atoms with E-state index in [4.69, 9.17) is 0 Å². The van der Waals surface area contributed by atoms with E-state index in [1.54, 1.807) is 6.33 Å². The molecule has 1 amide bonds. The van der Waals surface area contributed by atoms with E-state index in [1.807, 2.05) is 39.9 Å². The summed E-state index contributed by atoms with van der Waals surface area (Å²) >= 11 is 0. The molecule has 1 aromatic carbocycles. The number of carbonyl (C=O) groups is 1. The van der Waals surface area contributed by atoms with Crippen molar-refractivity contribution < 1.29 is 4.79 Å². The number of piperazine rings is 1. The summed E-state index contributed by atoms with van der Waals surface area (Å²) in [4.78, 5) is 26.0. The maximum atomic E-state index is 12.7. The fraction of sp³-hybridized carbons (Fsp3) is 0.476. The highest BCUT2D eigenvalue weighted by molar-refractivity contribution is 5.80. The first-order valence-electron chi connectivity index (χ1n) is 10.0. The molecule has 1 fully saturated rings. The molecule has 7 heteroatoms. The Morgan fingerprint density at radius 2 is 1.82 bits per heavy atom. The predicted molar refractivity (Wildman–Crippen MR) is 109 cm³/mol. The Balaban J connectivity index is 1.28. The van der Waals surface area contributed by atoms with Crippen LogP contribution in [0.3, 0.4) is 0 Å². The third-order valence-corrected chi connectivity index (χ3v) is 5.48. The lowest BCUT2D eigenvalue weighted by molar-refractivity contribution is -0.133. The van der Waals surface area contributed by atoms with Crippen molar-refractivity contribution in [2.24, 2.45) is 0 Å². The first kappa shape index (κ1) is 18.7. The third-order valence-electron chi connectivity index (χ3n) is 5.48. The van der Waals surface area contributed by atoms with Gasteiger partial charge in [0, 0.05) is 57.6 Å². The predicted octanol–water partition coefficient (Wildman–Crippen LogP) is 2.20. The summed E-state index contributed by atoms with van der Waals surface area (Å²) in [5.74, 6) is 1.74. The normalized spacial score (nSPS) is 15.6. The molecule has 3 aromatic rings. The van der Waals surface area contributed by atoms with Crippen LogP contribution in [0.2, 0.25) is 0 Å². The van der Waals surface area contributed by atoms with Crippen LogP contribution >= 0.6 is 0 Å². The molecule has 0 unspecified atom stereocenters. The summed E-state index contributed by atoms with van der Waals surface area (Å²) in [5, 5.41) is 0. The molecule has 1 saturated heterocycles. The first-order valence-corrected chi connectivity index (χ1v) is 10.0. The monoisotopic (exact) mass is 380 g/mol. The number of benzene rings is 1. The van der Waals surface area contributed by atoms with Gasteiger partial charge in [-0.1, -0.05) is 26.0 Å². The van der Waals surface area contributed by atoms with Crippen molar-refractivity contribution in [1.82, 2.24) is 28.9 Å². The van der Waals surface area contributed by atoms with Crippen molar-refractivity contribution in [2.75, 3.05) is 32.7 Å². The van der Waals surface area contributed by atoms with Gasteiger partial charge in [0.15, 0.2) is 0 Å². The van der Waals surface area contributed by atoms with E-state index in [1.165, 1.54) is 0 Å². The number of imidazole rings is 2. The molecule has 0 aliphatic carbocycles. The number of nitrogens with zero attached hydrogens (tertiary/aromatic N) is 6. The van der Waals surface area contributed by atoms with E-state index >= 15 is 0 Å². The van der Waals surface area contributed by atoms with E-state index in [2.05, 4.69) is 39.5 Å². The van der Waals surface area contributed by atoms with E-state index in [9.17, 15) is 4.79 Å². The molecule has 7 nitrogen and oxygen atoms in total. The van der Waals surface area contributed by atoms with Gasteiger partial charge in [-0.15, -0.1) is 0 Å². The summed E-state index contributed by atoms with van der Waals surface area (Å²) in [5.41, 5.74) is 1.94. The molecule has 2 aromatic heterocycles. The van der Waals surface area contributed by atoms with Crippen LogP contribution in [-0.4, -0.2) is 67.5 Å². The Bertz CT molecular complexity index is 935. The summed E-state index contributed by atoms with van der Waals surface area (Å²) < 4.78 is 4.18. The SMILES string of the molecule is CC(C)c1nccn1CCN1CCN(C(=O)Cn2cnc3ccccc32)CC1. The molecule has 0 radical (unpaired) electrons. The van der Waals surface area contributed by atoms with Crippen LogP contribution in [0.1, 0.15) is 25.6 Å². The van der Waals surface area contributed by atoms with Gasteiger partial charge < -0.3 is 14.0 Å². The second kappa shape index (κ2) is 8.14. The Morgan fingerprint density at radius 3 is 2.61 bits per heavy atom. The van der Waals surface area contributed by atoms with Crippen LogP contribution in [0.15, 0.2) is 43.0 Å². The van der Waals surface area contributed by atoms with E-state index < -0.39 is 0 Å². The Kier molecular flexibility index (Phi) is 5.43. The highest BCUT2D eigenvalue weighted by Crippen LogP contribution is 2.14. The lowest BCUT2D eigenvalue weighted by atomic mass is 10.2. The number of carbonyl (C=O) groups excluding carboxylic acids is 1. The average Bonchev–Trinajstić information content (AvgIpc) is 3.34. The minimum atomic E-state index is 0.166. The molecule has 1 aliphatic rings. The molecular weight excluding hydrogens is 352 g/mol. The van der Waals surface area contributed by atoms with Crippen molar-refractivity contribution in [3.05, 3.63) is 48.8 Å². The highest BCUT2D eigenvalue weighted by Gasteiger charge is 2.21. The molecule has 4 rings (SSSR count). The zero-order chi connectivity index (χ0) is 19.5. The minimum absolute atomic E-state index is 0.166. The molecule has 0 spiro atoms. The van der Waals surface area contributed by atoms with Gasteiger partial charge in [0.25, 0.3) is 0 Å². The summed E-state index contributed by atoms with van der Waals surface area (Å²) in [7, 11) is 0. The number of hydrogen-bond donors (Lipinski definition) is 0. The number of aromatic nitrogens is 4. The smallest absolute Gasteiger partial charge is 0.242 e. The van der Waals surface area contributed by atoms with Gasteiger partial charge in [0.05, 0.1) is 17.4 Å². The van der Waals surface area contributed by atoms with Crippen LogP contribution in [0, 0.1) is 0 Å². The molecule has 0 bridgehead atoms. The van der Waals surface area contributed by atoms with Gasteiger partial charge in [-0.05, 0) is 12.1 Å². The Labute approximate surface area is 165 Å². The number of para-hydroxylation sites is 2. The standard InChI is InChI=1S/C21H28N6O/c1-17(2)21-22-7-8-26(21)14-11-24-9-12-25(13-10-24)20(28)15-27-16-23-18-5-3-4-6-19(18)27/h3-8,16-17H,9-15H2,1-2H3. The molecule has 0 atom stereocenters. The Hall–Kier alpha value is -2.67. The van der Waals surface area contributed by atoms with Gasteiger partial charge in [0.1, 0.15) is 12.4 Å². The van der Waals surface area contributed by atoms with Crippen molar-refractivity contribution in [1.29, 1.82) is 0 Å². The van der Waals surface area contributed by atoms with Gasteiger partial charge in [-0.25, -0.2) is 9.97 Å². The number of hydrogen-bond acceptors (Lipinski definition) is 4. The second-order valence-electron chi connectivity index (χ2n) is 7.72. The average molecular weight is 380 g/mol. The molecule has 148 valence electrons. The van der Waals surface area contributed by atoms with Crippen molar-refractivity contribution in [3.8, 4) is 0 Å². The number of fused-ring (bicyclic) bond motifs is 1. The number of rotatable bonds is 6.